The second kappa shape index (κ2) is 10.3. The number of nitrogens with zero attached hydrogens (tertiary/aromatic N) is 1. The largest absolute Gasteiger partial charge is 0.452 e. The van der Waals surface area contributed by atoms with Gasteiger partial charge < -0.3 is 15.0 Å². The van der Waals surface area contributed by atoms with E-state index in [0.29, 0.717) is 12.6 Å². The van der Waals surface area contributed by atoms with Crippen LogP contribution in [0.4, 0.5) is 8.78 Å². The Morgan fingerprint density at radius 1 is 1.10 bits per heavy atom. The van der Waals surface area contributed by atoms with Crippen LogP contribution in [0.3, 0.4) is 0 Å². The molecular weight excluding hydrogens is 382 g/mol. The van der Waals surface area contributed by atoms with Gasteiger partial charge in [-0.05, 0) is 24.6 Å². The number of hydrogen-bond donors (Lipinski definition) is 1. The summed E-state index contributed by atoms with van der Waals surface area (Å²) in [5, 5.41) is 2.35. The van der Waals surface area contributed by atoms with Gasteiger partial charge in [-0.3, -0.25) is 14.4 Å². The Labute approximate surface area is 167 Å². The Kier molecular flexibility index (Phi) is 7.82. The molecule has 0 spiro atoms. The maximum atomic E-state index is 13.5. The van der Waals surface area contributed by atoms with Crippen LogP contribution in [-0.2, 0) is 20.9 Å². The molecule has 8 heteroatoms. The van der Waals surface area contributed by atoms with Crippen LogP contribution in [0.15, 0.2) is 48.5 Å². The van der Waals surface area contributed by atoms with Gasteiger partial charge in [0.15, 0.2) is 6.10 Å². The van der Waals surface area contributed by atoms with Gasteiger partial charge in [-0.15, -0.1) is 0 Å². The zero-order chi connectivity index (χ0) is 21.4. The SMILES string of the molecule is CC(OC(=O)CCNC(=O)c1ccc(F)cc1F)C(=O)N(C)Cc1ccccc1. The minimum absolute atomic E-state index is 0.116. The number of ether oxygens (including phenoxy) is 1. The number of carbonyl (C=O) groups is 3. The molecule has 29 heavy (non-hydrogen) atoms. The fourth-order valence-corrected chi connectivity index (χ4v) is 2.60. The zero-order valence-electron chi connectivity index (χ0n) is 16.2. The van der Waals surface area contributed by atoms with Crippen LogP contribution in [0.1, 0.15) is 29.3 Å². The van der Waals surface area contributed by atoms with Crippen molar-refractivity contribution in [3.63, 3.8) is 0 Å². The van der Waals surface area contributed by atoms with Crippen LogP contribution in [0.5, 0.6) is 0 Å². The van der Waals surface area contributed by atoms with Crippen LogP contribution in [-0.4, -0.2) is 42.4 Å². The van der Waals surface area contributed by atoms with E-state index in [2.05, 4.69) is 5.32 Å². The molecule has 154 valence electrons. The van der Waals surface area contributed by atoms with Crippen molar-refractivity contribution in [1.82, 2.24) is 10.2 Å². The van der Waals surface area contributed by atoms with Crippen molar-refractivity contribution in [2.24, 2.45) is 0 Å². The highest BCUT2D eigenvalue weighted by atomic mass is 19.1. The number of rotatable bonds is 8. The lowest BCUT2D eigenvalue weighted by molar-refractivity contribution is -0.158. The molecular formula is C21H22F2N2O4. The van der Waals surface area contributed by atoms with Crippen molar-refractivity contribution in [3.8, 4) is 0 Å². The number of amides is 2. The summed E-state index contributed by atoms with van der Waals surface area (Å²) in [4.78, 5) is 37.5. The number of carbonyl (C=O) groups excluding carboxylic acids is 3. The predicted octanol–water partition coefficient (Wildman–Crippen LogP) is 2.68. The number of nitrogens with one attached hydrogen (secondary N) is 1. The summed E-state index contributed by atoms with van der Waals surface area (Å²) in [5.41, 5.74) is 0.614. The highest BCUT2D eigenvalue weighted by Crippen LogP contribution is 2.09. The molecule has 0 aliphatic rings. The van der Waals surface area contributed by atoms with E-state index in [1.807, 2.05) is 30.3 Å². The molecule has 2 amide bonds. The molecule has 6 nitrogen and oxygen atoms in total. The Bertz CT molecular complexity index is 874. The molecule has 0 aromatic heterocycles. The van der Waals surface area contributed by atoms with Gasteiger partial charge in [-0.2, -0.15) is 0 Å². The number of hydrogen-bond acceptors (Lipinski definition) is 4. The number of benzene rings is 2. The van der Waals surface area contributed by atoms with Crippen LogP contribution in [0, 0.1) is 11.6 Å². The molecule has 0 aliphatic heterocycles. The lowest BCUT2D eigenvalue weighted by Crippen LogP contribution is -2.37. The monoisotopic (exact) mass is 404 g/mol. The molecule has 2 aromatic carbocycles. The summed E-state index contributed by atoms with van der Waals surface area (Å²) in [6, 6.07) is 11.9. The third-order valence-corrected chi connectivity index (χ3v) is 4.09. The number of likely N-dealkylation sites (N-methyl/N-ethyl adjacent to an activating group) is 1. The normalized spacial score (nSPS) is 11.4. The Morgan fingerprint density at radius 3 is 2.45 bits per heavy atom. The molecule has 0 saturated heterocycles. The molecule has 1 unspecified atom stereocenters. The summed E-state index contributed by atoms with van der Waals surface area (Å²) < 4.78 is 31.5. The van der Waals surface area contributed by atoms with Crippen molar-refractivity contribution in [3.05, 3.63) is 71.3 Å². The summed E-state index contributed by atoms with van der Waals surface area (Å²) in [6.45, 7) is 1.73. The average Bonchev–Trinajstić information content (AvgIpc) is 2.67. The van der Waals surface area contributed by atoms with Gasteiger partial charge in [-0.25, -0.2) is 8.78 Å². The van der Waals surface area contributed by atoms with Gasteiger partial charge in [0.2, 0.25) is 0 Å². The first-order valence-corrected chi connectivity index (χ1v) is 8.99. The van der Waals surface area contributed by atoms with Crippen molar-refractivity contribution >= 4 is 17.8 Å². The third kappa shape index (κ3) is 6.67. The van der Waals surface area contributed by atoms with Crippen molar-refractivity contribution in [2.75, 3.05) is 13.6 Å². The van der Waals surface area contributed by atoms with E-state index in [1.54, 1.807) is 7.05 Å². The highest BCUT2D eigenvalue weighted by Gasteiger charge is 2.21. The summed E-state index contributed by atoms with van der Waals surface area (Å²) in [5.74, 6) is -3.61. The minimum Gasteiger partial charge on any atom is -0.452 e. The first-order valence-electron chi connectivity index (χ1n) is 8.99. The second-order valence-corrected chi connectivity index (χ2v) is 6.44. The first-order chi connectivity index (χ1) is 13.8. The molecule has 0 aliphatic carbocycles. The van der Waals surface area contributed by atoms with E-state index in [0.717, 1.165) is 17.7 Å². The van der Waals surface area contributed by atoms with Crippen LogP contribution < -0.4 is 5.32 Å². The summed E-state index contributed by atoms with van der Waals surface area (Å²) in [7, 11) is 1.61. The lowest BCUT2D eigenvalue weighted by Gasteiger charge is -2.21. The standard InChI is InChI=1S/C21H22F2N2O4/c1-14(21(28)25(2)13-15-6-4-3-5-7-15)29-19(26)10-11-24-20(27)17-9-8-16(22)12-18(17)23/h3-9,12,14H,10-11,13H2,1-2H3,(H,24,27). The molecule has 2 aromatic rings. The van der Waals surface area contributed by atoms with E-state index in [9.17, 15) is 23.2 Å². The summed E-state index contributed by atoms with van der Waals surface area (Å²) in [6.07, 6.45) is -1.18. The van der Waals surface area contributed by atoms with Gasteiger partial charge >= 0.3 is 5.97 Å². The Balaban J connectivity index is 1.76. The van der Waals surface area contributed by atoms with Gasteiger partial charge in [0.05, 0.1) is 12.0 Å². The van der Waals surface area contributed by atoms with Gasteiger partial charge in [-0.1, -0.05) is 30.3 Å². The molecule has 0 bridgehead atoms. The molecule has 0 saturated carbocycles. The lowest BCUT2D eigenvalue weighted by atomic mass is 10.2. The number of esters is 1. The predicted molar refractivity (Wildman–Crippen MR) is 102 cm³/mol. The van der Waals surface area contributed by atoms with E-state index in [4.69, 9.17) is 4.74 Å². The van der Waals surface area contributed by atoms with Crippen LogP contribution in [0.25, 0.3) is 0 Å². The Morgan fingerprint density at radius 2 is 1.79 bits per heavy atom. The molecule has 0 radical (unpaired) electrons. The molecule has 1 N–H and O–H groups in total. The highest BCUT2D eigenvalue weighted by molar-refractivity contribution is 5.94. The van der Waals surface area contributed by atoms with Gasteiger partial charge in [0.1, 0.15) is 11.6 Å². The third-order valence-electron chi connectivity index (χ3n) is 4.09. The van der Waals surface area contributed by atoms with Crippen LogP contribution in [0.2, 0.25) is 0 Å². The fourth-order valence-electron chi connectivity index (χ4n) is 2.60. The second-order valence-electron chi connectivity index (χ2n) is 6.44. The molecule has 1 atom stereocenters. The maximum Gasteiger partial charge on any atom is 0.308 e. The van der Waals surface area contributed by atoms with Crippen molar-refractivity contribution in [2.45, 2.75) is 26.0 Å². The maximum absolute atomic E-state index is 13.5. The van der Waals surface area contributed by atoms with Gasteiger partial charge in [0, 0.05) is 26.2 Å². The minimum atomic E-state index is -0.995. The summed E-state index contributed by atoms with van der Waals surface area (Å²) >= 11 is 0. The average molecular weight is 404 g/mol. The molecule has 2 rings (SSSR count). The van der Waals surface area contributed by atoms with E-state index >= 15 is 0 Å². The van der Waals surface area contributed by atoms with Crippen LogP contribution >= 0.6 is 0 Å². The molecule has 0 fully saturated rings. The molecule has 0 heterocycles. The topological polar surface area (TPSA) is 75.7 Å². The first kappa shape index (κ1) is 22.0. The zero-order valence-corrected chi connectivity index (χ0v) is 16.2. The van der Waals surface area contributed by atoms with E-state index in [-0.39, 0.29) is 24.4 Å². The van der Waals surface area contributed by atoms with Gasteiger partial charge in [0.25, 0.3) is 11.8 Å². The number of halogens is 2. The Hall–Kier alpha value is -3.29. The fraction of sp³-hybridized carbons (Fsp3) is 0.286. The smallest absolute Gasteiger partial charge is 0.308 e. The quantitative estimate of drug-likeness (QED) is 0.687. The van der Waals surface area contributed by atoms with Crippen molar-refractivity contribution < 1.29 is 27.9 Å². The van der Waals surface area contributed by atoms with Crippen molar-refractivity contribution in [1.29, 1.82) is 0 Å². The van der Waals surface area contributed by atoms with E-state index < -0.39 is 29.6 Å². The van der Waals surface area contributed by atoms with E-state index in [1.165, 1.54) is 11.8 Å².